The van der Waals surface area contributed by atoms with Crippen LogP contribution in [0.15, 0.2) is 11.1 Å². The van der Waals surface area contributed by atoms with Gasteiger partial charge in [-0.05, 0) is 38.1 Å². The van der Waals surface area contributed by atoms with Crippen molar-refractivity contribution in [3.63, 3.8) is 0 Å². The van der Waals surface area contributed by atoms with Crippen molar-refractivity contribution in [3.05, 3.63) is 11.1 Å². The van der Waals surface area contributed by atoms with Gasteiger partial charge in [0.15, 0.2) is 0 Å². The second kappa shape index (κ2) is 4.33. The van der Waals surface area contributed by atoms with Gasteiger partial charge in [-0.2, -0.15) is 11.8 Å². The molecule has 0 saturated carbocycles. The van der Waals surface area contributed by atoms with Crippen molar-refractivity contribution >= 4 is 11.8 Å². The van der Waals surface area contributed by atoms with Crippen molar-refractivity contribution < 1.29 is 0 Å². The molecule has 0 aliphatic carbocycles. The SMILES string of the molecule is CSC1C(=C(C)C)CNCC1C. The molecule has 1 rings (SSSR count). The first kappa shape index (κ1) is 10.1. The summed E-state index contributed by atoms with van der Waals surface area (Å²) < 4.78 is 0. The fraction of sp³-hybridized carbons (Fsp3) is 0.800. The summed E-state index contributed by atoms with van der Waals surface area (Å²) in [7, 11) is 0. The Hall–Kier alpha value is 0.0500. The van der Waals surface area contributed by atoms with Gasteiger partial charge in [0, 0.05) is 11.8 Å². The second-order valence-corrected chi connectivity index (χ2v) is 4.77. The minimum absolute atomic E-state index is 0.747. The van der Waals surface area contributed by atoms with Gasteiger partial charge in [0.2, 0.25) is 0 Å². The third-order valence-corrected chi connectivity index (χ3v) is 3.80. The zero-order valence-corrected chi connectivity index (χ0v) is 9.29. The molecule has 1 N–H and O–H groups in total. The Kier molecular flexibility index (Phi) is 3.66. The van der Waals surface area contributed by atoms with Crippen LogP contribution in [-0.4, -0.2) is 24.6 Å². The van der Waals surface area contributed by atoms with E-state index in [1.54, 1.807) is 5.57 Å². The van der Waals surface area contributed by atoms with Gasteiger partial charge in [-0.15, -0.1) is 0 Å². The molecule has 2 unspecified atom stereocenters. The Balaban J connectivity index is 2.78. The Morgan fingerprint density at radius 3 is 2.58 bits per heavy atom. The van der Waals surface area contributed by atoms with Crippen LogP contribution >= 0.6 is 11.8 Å². The molecule has 1 aliphatic rings. The summed E-state index contributed by atoms with van der Waals surface area (Å²) in [6.45, 7) is 9.04. The summed E-state index contributed by atoms with van der Waals surface area (Å²) in [5.41, 5.74) is 3.11. The average molecular weight is 185 g/mol. The molecule has 1 aliphatic heterocycles. The Morgan fingerprint density at radius 1 is 1.50 bits per heavy atom. The summed E-state index contributed by atoms with van der Waals surface area (Å²) in [5.74, 6) is 0.777. The lowest BCUT2D eigenvalue weighted by Crippen LogP contribution is -2.39. The van der Waals surface area contributed by atoms with Crippen molar-refractivity contribution in [2.75, 3.05) is 19.3 Å². The Bertz CT molecular complexity index is 182. The number of hydrogen-bond acceptors (Lipinski definition) is 2. The number of piperidine rings is 1. The van der Waals surface area contributed by atoms with Crippen LogP contribution in [0.2, 0.25) is 0 Å². The smallest absolute Gasteiger partial charge is 0.0306 e. The van der Waals surface area contributed by atoms with Gasteiger partial charge < -0.3 is 5.32 Å². The van der Waals surface area contributed by atoms with E-state index < -0.39 is 0 Å². The molecule has 1 saturated heterocycles. The van der Waals surface area contributed by atoms with Crippen LogP contribution in [0.1, 0.15) is 20.8 Å². The van der Waals surface area contributed by atoms with Crippen molar-refractivity contribution in [2.24, 2.45) is 5.92 Å². The van der Waals surface area contributed by atoms with E-state index in [1.165, 1.54) is 12.1 Å². The molecule has 1 heterocycles. The lowest BCUT2D eigenvalue weighted by molar-refractivity contribution is 0.479. The van der Waals surface area contributed by atoms with Crippen LogP contribution in [0.25, 0.3) is 0 Å². The highest BCUT2D eigenvalue weighted by atomic mass is 32.2. The monoisotopic (exact) mass is 185 g/mol. The molecule has 0 aromatic heterocycles. The van der Waals surface area contributed by atoms with E-state index in [9.17, 15) is 0 Å². The number of nitrogens with one attached hydrogen (secondary N) is 1. The molecule has 70 valence electrons. The molecular weight excluding hydrogens is 166 g/mol. The highest BCUT2D eigenvalue weighted by molar-refractivity contribution is 7.99. The number of thioether (sulfide) groups is 1. The summed E-state index contributed by atoms with van der Waals surface area (Å²) in [6.07, 6.45) is 2.22. The predicted octanol–water partition coefficient (Wildman–Crippen LogP) is 2.29. The van der Waals surface area contributed by atoms with Crippen LogP contribution < -0.4 is 5.32 Å². The van der Waals surface area contributed by atoms with E-state index in [1.807, 2.05) is 11.8 Å². The molecule has 0 amide bonds. The van der Waals surface area contributed by atoms with E-state index in [-0.39, 0.29) is 0 Å². The third-order valence-electron chi connectivity index (χ3n) is 2.54. The summed E-state index contributed by atoms with van der Waals surface area (Å²) in [4.78, 5) is 0. The van der Waals surface area contributed by atoms with Gasteiger partial charge in [-0.1, -0.05) is 12.5 Å². The summed E-state index contributed by atoms with van der Waals surface area (Å²) in [5, 5.41) is 4.21. The number of rotatable bonds is 1. The van der Waals surface area contributed by atoms with Gasteiger partial charge in [0.1, 0.15) is 0 Å². The van der Waals surface area contributed by atoms with Crippen LogP contribution in [0.3, 0.4) is 0 Å². The Labute approximate surface area is 80.0 Å². The van der Waals surface area contributed by atoms with Crippen molar-refractivity contribution in [1.29, 1.82) is 0 Å². The van der Waals surface area contributed by atoms with Crippen molar-refractivity contribution in [2.45, 2.75) is 26.0 Å². The van der Waals surface area contributed by atoms with E-state index in [0.29, 0.717) is 0 Å². The number of allylic oxidation sites excluding steroid dienone is 1. The molecule has 1 nitrogen and oxygen atoms in total. The van der Waals surface area contributed by atoms with E-state index >= 15 is 0 Å². The standard InChI is InChI=1S/C10H19NS/c1-7(2)9-6-11-5-8(3)10(9)12-4/h8,10-11H,5-6H2,1-4H3. The topological polar surface area (TPSA) is 12.0 Å². The molecule has 2 atom stereocenters. The van der Waals surface area contributed by atoms with Gasteiger partial charge >= 0.3 is 0 Å². The Morgan fingerprint density at radius 2 is 2.17 bits per heavy atom. The maximum absolute atomic E-state index is 3.46. The fourth-order valence-corrected chi connectivity index (χ4v) is 2.99. The van der Waals surface area contributed by atoms with Gasteiger partial charge in [0.25, 0.3) is 0 Å². The highest BCUT2D eigenvalue weighted by Crippen LogP contribution is 2.28. The molecular formula is C10H19NS. The van der Waals surface area contributed by atoms with E-state index in [2.05, 4.69) is 32.3 Å². The zero-order valence-electron chi connectivity index (χ0n) is 8.48. The predicted molar refractivity (Wildman–Crippen MR) is 57.7 cm³/mol. The van der Waals surface area contributed by atoms with Crippen LogP contribution in [0.4, 0.5) is 0 Å². The van der Waals surface area contributed by atoms with Crippen molar-refractivity contribution in [3.8, 4) is 0 Å². The molecule has 0 spiro atoms. The first-order valence-electron chi connectivity index (χ1n) is 4.56. The minimum Gasteiger partial charge on any atom is -0.313 e. The second-order valence-electron chi connectivity index (χ2n) is 3.79. The molecule has 0 aromatic carbocycles. The number of hydrogen-bond donors (Lipinski definition) is 1. The first-order chi connectivity index (χ1) is 5.66. The summed E-state index contributed by atoms with van der Waals surface area (Å²) >= 11 is 1.99. The largest absolute Gasteiger partial charge is 0.313 e. The molecule has 0 bridgehead atoms. The van der Waals surface area contributed by atoms with Crippen LogP contribution in [0.5, 0.6) is 0 Å². The maximum atomic E-state index is 3.46. The molecule has 0 aromatic rings. The molecule has 0 radical (unpaired) electrons. The fourth-order valence-electron chi connectivity index (χ4n) is 1.82. The third kappa shape index (κ3) is 2.05. The van der Waals surface area contributed by atoms with Crippen molar-refractivity contribution in [1.82, 2.24) is 5.32 Å². The van der Waals surface area contributed by atoms with Gasteiger partial charge in [-0.25, -0.2) is 0 Å². The molecule has 2 heteroatoms. The zero-order chi connectivity index (χ0) is 9.14. The maximum Gasteiger partial charge on any atom is 0.0306 e. The van der Waals surface area contributed by atoms with E-state index in [4.69, 9.17) is 0 Å². The first-order valence-corrected chi connectivity index (χ1v) is 5.85. The van der Waals surface area contributed by atoms with Crippen LogP contribution in [0, 0.1) is 5.92 Å². The van der Waals surface area contributed by atoms with Crippen LogP contribution in [-0.2, 0) is 0 Å². The van der Waals surface area contributed by atoms with Gasteiger partial charge in [0.05, 0.1) is 0 Å². The quantitative estimate of drug-likeness (QED) is 0.629. The summed E-state index contributed by atoms with van der Waals surface area (Å²) in [6, 6.07) is 0. The average Bonchev–Trinajstić information content (AvgIpc) is 2.03. The molecule has 12 heavy (non-hydrogen) atoms. The van der Waals surface area contributed by atoms with Gasteiger partial charge in [-0.3, -0.25) is 0 Å². The molecule has 1 fully saturated rings. The lowest BCUT2D eigenvalue weighted by Gasteiger charge is -2.32. The normalized spacial score (nSPS) is 30.5. The minimum atomic E-state index is 0.747. The highest BCUT2D eigenvalue weighted by Gasteiger charge is 2.24. The lowest BCUT2D eigenvalue weighted by atomic mass is 9.93. The van der Waals surface area contributed by atoms with E-state index in [0.717, 1.165) is 17.7 Å².